The molecule has 6 heteroatoms. The summed E-state index contributed by atoms with van der Waals surface area (Å²) in [7, 11) is 0. The van der Waals surface area contributed by atoms with Crippen molar-refractivity contribution >= 4 is 27.5 Å². The summed E-state index contributed by atoms with van der Waals surface area (Å²) in [5, 5.41) is 20.9. The zero-order chi connectivity index (χ0) is 11.7. The number of nitrogens with zero attached hydrogens (tertiary/aromatic N) is 2. The van der Waals surface area contributed by atoms with E-state index in [1.54, 1.807) is 6.07 Å². The Kier molecular flexibility index (Phi) is 2.56. The molecule has 0 amide bonds. The predicted molar refractivity (Wildman–Crippen MR) is 57.2 cm³/mol. The highest BCUT2D eigenvalue weighted by atomic mass is 32.2. The van der Waals surface area contributed by atoms with Crippen molar-refractivity contribution in [1.29, 1.82) is 5.39 Å². The van der Waals surface area contributed by atoms with E-state index < -0.39 is 16.8 Å². The van der Waals surface area contributed by atoms with Crippen molar-refractivity contribution in [2.75, 3.05) is 0 Å². The van der Waals surface area contributed by atoms with Gasteiger partial charge in [0.15, 0.2) is 16.1 Å². The Morgan fingerprint density at radius 3 is 2.62 bits per heavy atom. The Balaban J connectivity index is 2.94. The average Bonchev–Trinajstić information content (AvgIpc) is 2.27. The van der Waals surface area contributed by atoms with Gasteiger partial charge >= 0.3 is 5.69 Å². The maximum absolute atomic E-state index is 11.4. The molecule has 0 saturated heterocycles. The quantitative estimate of drug-likeness (QED) is 0.603. The van der Waals surface area contributed by atoms with Gasteiger partial charge in [-0.05, 0) is 17.9 Å². The fourth-order valence-electron chi connectivity index (χ4n) is 1.55. The van der Waals surface area contributed by atoms with E-state index in [1.165, 1.54) is 24.3 Å². The third kappa shape index (κ3) is 1.52. The number of fused-ring (bicyclic) bond motifs is 1. The van der Waals surface area contributed by atoms with Crippen molar-refractivity contribution in [3.05, 3.63) is 35.3 Å². The molecule has 0 saturated carbocycles. The summed E-state index contributed by atoms with van der Waals surface area (Å²) in [5.74, 6) is -0.434. The van der Waals surface area contributed by atoms with Crippen LogP contribution in [0, 0.1) is 5.39 Å². The highest BCUT2D eigenvalue weighted by molar-refractivity contribution is 7.79. The molecule has 2 aromatic rings. The van der Waals surface area contributed by atoms with Crippen LogP contribution in [0.2, 0.25) is 0 Å². The molecule has 0 fully saturated rings. The highest BCUT2D eigenvalue weighted by Gasteiger charge is 2.16. The van der Waals surface area contributed by atoms with Gasteiger partial charge in [0.05, 0.1) is 10.3 Å². The third-order valence-corrected chi connectivity index (χ3v) is 2.98. The minimum Gasteiger partial charge on any atom is -0.867 e. The lowest BCUT2D eigenvalue weighted by atomic mass is 10.1. The van der Waals surface area contributed by atoms with E-state index in [2.05, 4.69) is 4.98 Å². The van der Waals surface area contributed by atoms with E-state index in [1.807, 2.05) is 0 Å². The fourth-order valence-corrected chi connectivity index (χ4v) is 2.11. The van der Waals surface area contributed by atoms with Crippen LogP contribution in [0.3, 0.4) is 0 Å². The van der Waals surface area contributed by atoms with Gasteiger partial charge in [-0.2, -0.15) is 0 Å². The van der Waals surface area contributed by atoms with E-state index in [4.69, 9.17) is 9.95 Å². The molecule has 0 aliphatic rings. The molecule has 80 valence electrons. The molecule has 0 radical (unpaired) electrons. The van der Waals surface area contributed by atoms with E-state index in [0.29, 0.717) is 10.8 Å². The van der Waals surface area contributed by atoms with Gasteiger partial charge in [0.25, 0.3) is 0 Å². The Hall–Kier alpha value is -1.97. The number of benzene rings is 2. The molecule has 1 atom stereocenters. The van der Waals surface area contributed by atoms with Crippen LogP contribution in [0.15, 0.2) is 35.2 Å². The maximum Gasteiger partial charge on any atom is 0.385 e. The lowest BCUT2D eigenvalue weighted by Crippen LogP contribution is -1.93. The standard InChI is InChI=1S/C10H6N2O3S/c11-12-10-7-2-1-3-9(16(14)15)6(7)4-5-8(10)13/h1-5H,(H-,13,14,15). The lowest BCUT2D eigenvalue weighted by molar-refractivity contribution is -0.266. The zero-order valence-electron chi connectivity index (χ0n) is 7.95. The normalized spacial score (nSPS) is 12.2. The fraction of sp³-hybridized carbons (Fsp3) is 0. The molecular formula is C10H6N2O3S. The molecule has 1 unspecified atom stereocenters. The van der Waals surface area contributed by atoms with Crippen molar-refractivity contribution in [2.24, 2.45) is 0 Å². The molecule has 5 nitrogen and oxygen atoms in total. The van der Waals surface area contributed by atoms with Crippen LogP contribution < -0.4 is 5.11 Å². The van der Waals surface area contributed by atoms with Crippen molar-refractivity contribution in [3.8, 4) is 5.75 Å². The maximum atomic E-state index is 11.4. The molecule has 0 aliphatic carbocycles. The first kappa shape index (κ1) is 10.5. The van der Waals surface area contributed by atoms with Crippen molar-refractivity contribution < 1.29 is 13.9 Å². The second-order valence-corrected chi connectivity index (χ2v) is 4.05. The molecule has 1 N–H and O–H groups in total. The first-order chi connectivity index (χ1) is 7.65. The molecule has 0 heterocycles. The Morgan fingerprint density at radius 1 is 1.25 bits per heavy atom. The molecule has 16 heavy (non-hydrogen) atoms. The van der Waals surface area contributed by atoms with Crippen LogP contribution in [0.5, 0.6) is 5.75 Å². The molecule has 0 aromatic heterocycles. The van der Waals surface area contributed by atoms with Crippen molar-refractivity contribution in [3.63, 3.8) is 0 Å². The zero-order valence-corrected chi connectivity index (χ0v) is 8.77. The monoisotopic (exact) mass is 234 g/mol. The third-order valence-electron chi connectivity index (χ3n) is 2.24. The van der Waals surface area contributed by atoms with Crippen molar-refractivity contribution in [2.45, 2.75) is 4.90 Å². The second kappa shape index (κ2) is 3.89. The Morgan fingerprint density at radius 2 is 2.00 bits per heavy atom. The second-order valence-electron chi connectivity index (χ2n) is 3.11. The first-order valence-corrected chi connectivity index (χ1v) is 5.44. The summed E-state index contributed by atoms with van der Waals surface area (Å²) in [6.07, 6.45) is 0. The average molecular weight is 234 g/mol. The Labute approximate surface area is 93.2 Å². The van der Waals surface area contributed by atoms with Crippen LogP contribution in [0.1, 0.15) is 0 Å². The van der Waals surface area contributed by atoms with E-state index in [-0.39, 0.29) is 10.6 Å². The van der Waals surface area contributed by atoms with Gasteiger partial charge in [-0.3, -0.25) is 0 Å². The predicted octanol–water partition coefficient (Wildman–Crippen LogP) is 1.98. The van der Waals surface area contributed by atoms with Crippen LogP contribution in [-0.2, 0) is 11.1 Å². The molecule has 0 aliphatic heterocycles. The van der Waals surface area contributed by atoms with Crippen LogP contribution in [0.25, 0.3) is 15.7 Å². The van der Waals surface area contributed by atoms with Gasteiger partial charge < -0.3 is 9.66 Å². The van der Waals surface area contributed by atoms with Gasteiger partial charge in [0.1, 0.15) is 0 Å². The van der Waals surface area contributed by atoms with Gasteiger partial charge in [0.2, 0.25) is 5.39 Å². The number of diazo groups is 1. The van der Waals surface area contributed by atoms with Gasteiger partial charge in [-0.15, -0.1) is 0 Å². The number of hydrogen-bond donors (Lipinski definition) is 1. The van der Waals surface area contributed by atoms with E-state index >= 15 is 0 Å². The molecule has 2 aromatic carbocycles. The van der Waals surface area contributed by atoms with Crippen molar-refractivity contribution in [1.82, 2.24) is 0 Å². The van der Waals surface area contributed by atoms with Crippen LogP contribution in [0.4, 0.5) is 5.69 Å². The first-order valence-electron chi connectivity index (χ1n) is 4.34. The van der Waals surface area contributed by atoms with Gasteiger partial charge in [0, 0.05) is 5.39 Å². The molecule has 2 rings (SSSR count). The van der Waals surface area contributed by atoms with Crippen LogP contribution >= 0.6 is 0 Å². The summed E-state index contributed by atoms with van der Waals surface area (Å²) < 4.78 is 20.1. The Bertz CT molecular complexity index is 634. The molecule has 0 spiro atoms. The number of hydrogen-bond acceptors (Lipinski definition) is 3. The summed E-state index contributed by atoms with van der Waals surface area (Å²) in [6.45, 7) is 0. The minimum atomic E-state index is -2.15. The topological polar surface area (TPSA) is 88.5 Å². The smallest absolute Gasteiger partial charge is 0.385 e. The highest BCUT2D eigenvalue weighted by Crippen LogP contribution is 2.35. The van der Waals surface area contributed by atoms with E-state index in [0.717, 1.165) is 0 Å². The summed E-state index contributed by atoms with van der Waals surface area (Å²) in [6, 6.07) is 7.20. The summed E-state index contributed by atoms with van der Waals surface area (Å²) in [4.78, 5) is 3.09. The molecular weight excluding hydrogens is 228 g/mol. The van der Waals surface area contributed by atoms with Gasteiger partial charge in [-0.1, -0.05) is 18.2 Å². The summed E-state index contributed by atoms with van der Waals surface area (Å²) in [5.41, 5.74) is -0.121. The minimum absolute atomic E-state index is 0.121. The largest absolute Gasteiger partial charge is 0.867 e. The van der Waals surface area contributed by atoms with E-state index in [9.17, 15) is 9.32 Å². The SMILES string of the molecule is N#[N+]c1c([O-])ccc2c(S(=O)O)cccc12. The number of rotatable bonds is 1. The van der Waals surface area contributed by atoms with Gasteiger partial charge in [-0.25, -0.2) is 4.21 Å². The van der Waals surface area contributed by atoms with Crippen LogP contribution in [-0.4, -0.2) is 8.76 Å². The lowest BCUT2D eigenvalue weighted by Gasteiger charge is -2.05. The molecule has 0 bridgehead atoms. The summed E-state index contributed by atoms with van der Waals surface area (Å²) >= 11 is -2.15.